The molecule has 0 aromatic heterocycles. The van der Waals surface area contributed by atoms with Gasteiger partial charge in [0.15, 0.2) is 12.6 Å². The number of halogens is 4. The van der Waals surface area contributed by atoms with E-state index in [1.54, 1.807) is 30.4 Å². The standard InChI is InChI=1S/C24H23F4N3O3/c1-16(5-6-17(13-29)14-33-15-25)31-11-12-34-22-20(3-2-4-21(22)31)23(32)30-19-9-7-18(8-10-19)24(26,27)28/h2-10,13H,1,11-12,14-15,29H2,(H,30,32)/b6-5-,17-13+. The summed E-state index contributed by atoms with van der Waals surface area (Å²) in [5.41, 5.74) is 6.87. The molecule has 1 amide bonds. The van der Waals surface area contributed by atoms with Crippen molar-refractivity contribution in [3.8, 4) is 5.75 Å². The summed E-state index contributed by atoms with van der Waals surface area (Å²) >= 11 is 0. The van der Waals surface area contributed by atoms with Gasteiger partial charge in [-0.15, -0.1) is 0 Å². The average Bonchev–Trinajstić information content (AvgIpc) is 2.83. The maximum absolute atomic E-state index is 12.9. The number of rotatable bonds is 8. The van der Waals surface area contributed by atoms with Gasteiger partial charge in [-0.2, -0.15) is 13.2 Å². The largest absolute Gasteiger partial charge is 0.489 e. The molecule has 1 aliphatic heterocycles. The maximum Gasteiger partial charge on any atom is 0.416 e. The van der Waals surface area contributed by atoms with Crippen LogP contribution in [-0.4, -0.2) is 32.5 Å². The van der Waals surface area contributed by atoms with Crippen LogP contribution >= 0.6 is 0 Å². The second-order valence-corrected chi connectivity index (χ2v) is 7.21. The van der Waals surface area contributed by atoms with Gasteiger partial charge >= 0.3 is 6.18 Å². The molecule has 0 aliphatic carbocycles. The smallest absolute Gasteiger partial charge is 0.416 e. The molecule has 0 saturated carbocycles. The van der Waals surface area contributed by atoms with E-state index in [1.807, 2.05) is 4.90 Å². The fourth-order valence-electron chi connectivity index (χ4n) is 3.27. The van der Waals surface area contributed by atoms with Crippen molar-refractivity contribution in [1.82, 2.24) is 0 Å². The molecule has 0 atom stereocenters. The Hall–Kier alpha value is -3.79. The van der Waals surface area contributed by atoms with Crippen molar-refractivity contribution in [2.24, 2.45) is 5.73 Å². The van der Waals surface area contributed by atoms with Crippen LogP contribution in [-0.2, 0) is 10.9 Å². The third kappa shape index (κ3) is 5.96. The second-order valence-electron chi connectivity index (χ2n) is 7.21. The van der Waals surface area contributed by atoms with Crippen molar-refractivity contribution in [3.63, 3.8) is 0 Å². The number of alkyl halides is 4. The van der Waals surface area contributed by atoms with E-state index in [-0.39, 0.29) is 24.5 Å². The molecule has 0 bridgehead atoms. The third-order valence-corrected chi connectivity index (χ3v) is 4.96. The highest BCUT2D eigenvalue weighted by molar-refractivity contribution is 6.07. The van der Waals surface area contributed by atoms with Crippen LogP contribution in [0, 0.1) is 0 Å². The molecule has 1 heterocycles. The fourth-order valence-corrected chi connectivity index (χ4v) is 3.27. The Kier molecular flexibility index (Phi) is 7.95. The lowest BCUT2D eigenvalue weighted by molar-refractivity contribution is -0.137. The van der Waals surface area contributed by atoms with Crippen molar-refractivity contribution in [2.45, 2.75) is 6.18 Å². The highest BCUT2D eigenvalue weighted by atomic mass is 19.4. The molecule has 34 heavy (non-hydrogen) atoms. The maximum atomic E-state index is 12.9. The van der Waals surface area contributed by atoms with Gasteiger partial charge in [0, 0.05) is 11.4 Å². The van der Waals surface area contributed by atoms with E-state index in [1.165, 1.54) is 18.3 Å². The molecule has 0 radical (unpaired) electrons. The van der Waals surface area contributed by atoms with Gasteiger partial charge in [-0.05, 0) is 54.2 Å². The monoisotopic (exact) mass is 477 g/mol. The number of carbonyl (C=O) groups is 1. The molecule has 0 saturated heterocycles. The topological polar surface area (TPSA) is 76.8 Å². The van der Waals surface area contributed by atoms with E-state index >= 15 is 0 Å². The number of anilines is 2. The van der Waals surface area contributed by atoms with Gasteiger partial charge in [0.2, 0.25) is 0 Å². The molecule has 2 aromatic rings. The molecule has 0 spiro atoms. The predicted octanol–water partition coefficient (Wildman–Crippen LogP) is 5.01. The Labute approximate surface area is 193 Å². The highest BCUT2D eigenvalue weighted by Crippen LogP contribution is 2.37. The summed E-state index contributed by atoms with van der Waals surface area (Å²) in [4.78, 5) is 14.7. The summed E-state index contributed by atoms with van der Waals surface area (Å²) in [6.07, 6.45) is 0.172. The first kappa shape index (κ1) is 24.8. The first-order valence-corrected chi connectivity index (χ1v) is 10.2. The average molecular weight is 477 g/mol. The Morgan fingerprint density at radius 1 is 1.21 bits per heavy atom. The van der Waals surface area contributed by atoms with Crippen LogP contribution in [0.15, 0.2) is 78.7 Å². The summed E-state index contributed by atoms with van der Waals surface area (Å²) in [6, 6.07) is 9.15. The minimum absolute atomic E-state index is 0.00471. The van der Waals surface area contributed by atoms with Gasteiger partial charge in [-0.25, -0.2) is 4.39 Å². The number of amides is 1. The van der Waals surface area contributed by atoms with E-state index in [9.17, 15) is 22.4 Å². The number of ether oxygens (including phenoxy) is 2. The zero-order chi connectivity index (χ0) is 24.7. The van der Waals surface area contributed by atoms with Crippen LogP contribution in [0.5, 0.6) is 5.75 Å². The molecule has 2 aromatic carbocycles. The Morgan fingerprint density at radius 2 is 1.94 bits per heavy atom. The fraction of sp³-hybridized carbons (Fsp3) is 0.208. The Bertz CT molecular complexity index is 1100. The van der Waals surface area contributed by atoms with Crippen LogP contribution in [0.4, 0.5) is 28.9 Å². The number of allylic oxidation sites excluding steroid dienone is 1. The van der Waals surface area contributed by atoms with E-state index in [2.05, 4.69) is 11.9 Å². The lowest BCUT2D eigenvalue weighted by atomic mass is 10.1. The molecule has 10 heteroatoms. The highest BCUT2D eigenvalue weighted by Gasteiger charge is 2.30. The normalized spacial score (nSPS) is 14.0. The SMILES string of the molecule is C=C(/C=C\C(=C/N)COCF)N1CCOc2c(C(=O)Nc3ccc(C(F)(F)F)cc3)cccc21. The quantitative estimate of drug-likeness (QED) is 0.413. The first-order valence-electron chi connectivity index (χ1n) is 10.2. The molecule has 0 unspecified atom stereocenters. The summed E-state index contributed by atoms with van der Waals surface area (Å²) in [6.45, 7) is 3.85. The molecule has 0 fully saturated rings. The molecule has 180 valence electrons. The molecule has 3 rings (SSSR count). The van der Waals surface area contributed by atoms with E-state index in [0.29, 0.717) is 29.3 Å². The number of para-hydroxylation sites is 1. The van der Waals surface area contributed by atoms with Crippen molar-refractivity contribution in [1.29, 1.82) is 0 Å². The van der Waals surface area contributed by atoms with Gasteiger partial charge in [0.1, 0.15) is 6.61 Å². The number of nitrogens with zero attached hydrogens (tertiary/aromatic N) is 1. The minimum Gasteiger partial charge on any atom is -0.489 e. The summed E-state index contributed by atoms with van der Waals surface area (Å²) in [7, 11) is 0. The minimum atomic E-state index is -4.46. The number of fused-ring (bicyclic) bond motifs is 1. The Balaban J connectivity index is 1.78. The summed E-state index contributed by atoms with van der Waals surface area (Å²) in [5.74, 6) is -0.209. The van der Waals surface area contributed by atoms with Gasteiger partial charge in [0.25, 0.3) is 5.91 Å². The number of hydrogen-bond acceptors (Lipinski definition) is 5. The number of carbonyl (C=O) groups excluding carboxylic acids is 1. The molecule has 1 aliphatic rings. The van der Waals surface area contributed by atoms with Crippen LogP contribution in [0.2, 0.25) is 0 Å². The van der Waals surface area contributed by atoms with Gasteiger partial charge < -0.3 is 25.4 Å². The molecule has 3 N–H and O–H groups in total. The number of nitrogens with two attached hydrogens (primary N) is 1. The summed E-state index contributed by atoms with van der Waals surface area (Å²) < 4.78 is 61.0. The zero-order valence-corrected chi connectivity index (χ0v) is 18.1. The van der Waals surface area contributed by atoms with Crippen LogP contribution in [0.3, 0.4) is 0 Å². The molecule has 6 nitrogen and oxygen atoms in total. The van der Waals surface area contributed by atoms with Crippen molar-refractivity contribution < 1.29 is 31.8 Å². The van der Waals surface area contributed by atoms with Crippen LogP contribution in [0.25, 0.3) is 0 Å². The van der Waals surface area contributed by atoms with Gasteiger partial charge in [-0.3, -0.25) is 4.79 Å². The lowest BCUT2D eigenvalue weighted by Crippen LogP contribution is -2.32. The first-order chi connectivity index (χ1) is 16.2. The zero-order valence-electron chi connectivity index (χ0n) is 18.1. The van der Waals surface area contributed by atoms with E-state index in [0.717, 1.165) is 12.1 Å². The van der Waals surface area contributed by atoms with Crippen molar-refractivity contribution >= 4 is 17.3 Å². The number of hydrogen-bond donors (Lipinski definition) is 2. The molecular formula is C24H23F4N3O3. The lowest BCUT2D eigenvalue weighted by Gasteiger charge is -2.32. The van der Waals surface area contributed by atoms with Crippen LogP contribution < -0.4 is 20.7 Å². The van der Waals surface area contributed by atoms with Gasteiger partial charge in [-0.1, -0.05) is 18.7 Å². The number of benzene rings is 2. The number of nitrogens with one attached hydrogen (secondary N) is 1. The predicted molar refractivity (Wildman–Crippen MR) is 121 cm³/mol. The van der Waals surface area contributed by atoms with Crippen molar-refractivity contribution in [2.75, 3.05) is 36.8 Å². The van der Waals surface area contributed by atoms with E-state index in [4.69, 9.17) is 15.2 Å². The Morgan fingerprint density at radius 3 is 2.59 bits per heavy atom. The second kappa shape index (κ2) is 10.9. The summed E-state index contributed by atoms with van der Waals surface area (Å²) in [5, 5.41) is 2.59. The van der Waals surface area contributed by atoms with Gasteiger partial charge in [0.05, 0.1) is 30.0 Å². The third-order valence-electron chi connectivity index (χ3n) is 4.96. The van der Waals surface area contributed by atoms with Crippen molar-refractivity contribution in [3.05, 3.63) is 89.8 Å². The van der Waals surface area contributed by atoms with Crippen LogP contribution in [0.1, 0.15) is 15.9 Å². The molecular weight excluding hydrogens is 454 g/mol. The van der Waals surface area contributed by atoms with E-state index < -0.39 is 24.5 Å².